The van der Waals surface area contributed by atoms with E-state index in [0.29, 0.717) is 28.7 Å². The standard InChI is InChI=1S/C20H20ClN3O4.C2H6/c1-2-10-22-19(26)18-20(27)24(15-8-3-4-9-16(15)28-18)12-17(25)23-14-7-5-6-13(21)11-14;1-2/h3-9,11,18H,2,10,12H2,1H3,(H,22,26)(H,23,25);1-2H3. The van der Waals surface area contributed by atoms with Crippen molar-refractivity contribution < 1.29 is 19.1 Å². The summed E-state index contributed by atoms with van der Waals surface area (Å²) >= 11 is 5.93. The lowest BCUT2D eigenvalue weighted by Crippen LogP contribution is -2.55. The van der Waals surface area contributed by atoms with Gasteiger partial charge in [-0.3, -0.25) is 19.3 Å². The number of carbonyl (C=O) groups is 3. The van der Waals surface area contributed by atoms with E-state index >= 15 is 0 Å². The number of amides is 3. The summed E-state index contributed by atoms with van der Waals surface area (Å²) < 4.78 is 5.60. The van der Waals surface area contributed by atoms with Crippen LogP contribution in [0.5, 0.6) is 5.75 Å². The molecule has 1 atom stereocenters. The third kappa shape index (κ3) is 5.73. The summed E-state index contributed by atoms with van der Waals surface area (Å²) in [5, 5.41) is 5.84. The molecule has 30 heavy (non-hydrogen) atoms. The Morgan fingerprint density at radius 3 is 2.57 bits per heavy atom. The molecule has 2 N–H and O–H groups in total. The van der Waals surface area contributed by atoms with Crippen LogP contribution >= 0.6 is 11.6 Å². The van der Waals surface area contributed by atoms with Crippen molar-refractivity contribution in [1.29, 1.82) is 0 Å². The van der Waals surface area contributed by atoms with Crippen molar-refractivity contribution in [2.45, 2.75) is 33.3 Å². The number of benzene rings is 2. The van der Waals surface area contributed by atoms with Gasteiger partial charge >= 0.3 is 0 Å². The van der Waals surface area contributed by atoms with E-state index in [1.54, 1.807) is 48.5 Å². The van der Waals surface area contributed by atoms with Gasteiger partial charge < -0.3 is 15.4 Å². The van der Waals surface area contributed by atoms with Gasteiger partial charge in [-0.1, -0.05) is 50.6 Å². The first-order chi connectivity index (χ1) is 14.5. The molecule has 1 aliphatic rings. The third-order valence-electron chi connectivity index (χ3n) is 4.09. The minimum absolute atomic E-state index is 0.261. The maximum absolute atomic E-state index is 12.9. The summed E-state index contributed by atoms with van der Waals surface area (Å²) in [4.78, 5) is 39.0. The zero-order chi connectivity index (χ0) is 22.1. The molecule has 2 aromatic carbocycles. The van der Waals surface area contributed by atoms with Crippen molar-refractivity contribution in [1.82, 2.24) is 5.32 Å². The normalized spacial score (nSPS) is 14.6. The highest BCUT2D eigenvalue weighted by Gasteiger charge is 2.39. The molecule has 0 spiro atoms. The van der Waals surface area contributed by atoms with E-state index in [1.165, 1.54) is 4.90 Å². The molecule has 8 heteroatoms. The Morgan fingerprint density at radius 2 is 1.87 bits per heavy atom. The molecule has 7 nitrogen and oxygen atoms in total. The monoisotopic (exact) mass is 431 g/mol. The van der Waals surface area contributed by atoms with E-state index in [4.69, 9.17) is 16.3 Å². The Kier molecular flexibility index (Phi) is 8.68. The lowest BCUT2D eigenvalue weighted by molar-refractivity contribution is -0.139. The molecule has 1 heterocycles. The average molecular weight is 432 g/mol. The highest BCUT2D eigenvalue weighted by Crippen LogP contribution is 2.33. The average Bonchev–Trinajstić information content (AvgIpc) is 2.75. The molecule has 0 bridgehead atoms. The molecule has 1 aliphatic heterocycles. The molecular weight excluding hydrogens is 406 g/mol. The fraction of sp³-hybridized carbons (Fsp3) is 0.318. The van der Waals surface area contributed by atoms with E-state index in [-0.39, 0.29) is 6.54 Å². The molecule has 3 rings (SSSR count). The van der Waals surface area contributed by atoms with Gasteiger partial charge in [0.25, 0.3) is 17.9 Å². The van der Waals surface area contributed by atoms with E-state index < -0.39 is 23.8 Å². The fourth-order valence-electron chi connectivity index (χ4n) is 2.80. The van der Waals surface area contributed by atoms with Gasteiger partial charge in [0.15, 0.2) is 0 Å². The predicted molar refractivity (Wildman–Crippen MR) is 118 cm³/mol. The molecule has 160 valence electrons. The van der Waals surface area contributed by atoms with Gasteiger partial charge in [0.05, 0.1) is 5.69 Å². The van der Waals surface area contributed by atoms with Crippen molar-refractivity contribution in [3.8, 4) is 5.75 Å². The van der Waals surface area contributed by atoms with E-state index in [0.717, 1.165) is 6.42 Å². The number of nitrogens with zero attached hydrogens (tertiary/aromatic N) is 1. The van der Waals surface area contributed by atoms with Crippen molar-refractivity contribution in [3.63, 3.8) is 0 Å². The van der Waals surface area contributed by atoms with Crippen LogP contribution in [0.2, 0.25) is 5.02 Å². The molecule has 1 unspecified atom stereocenters. The Hall–Kier alpha value is -3.06. The summed E-state index contributed by atoms with van der Waals surface area (Å²) in [5.74, 6) is -1.16. The minimum atomic E-state index is -1.33. The number of anilines is 2. The molecule has 0 fully saturated rings. The number of carbonyl (C=O) groups excluding carboxylic acids is 3. The minimum Gasteiger partial charge on any atom is -0.468 e. The van der Waals surface area contributed by atoms with Gasteiger partial charge in [-0.2, -0.15) is 0 Å². The number of para-hydroxylation sites is 2. The third-order valence-corrected chi connectivity index (χ3v) is 4.32. The molecule has 3 amide bonds. The van der Waals surface area contributed by atoms with Gasteiger partial charge in [0.1, 0.15) is 12.3 Å². The Balaban J connectivity index is 0.00000155. The fourth-order valence-corrected chi connectivity index (χ4v) is 2.99. The maximum Gasteiger partial charge on any atom is 0.278 e. The summed E-state index contributed by atoms with van der Waals surface area (Å²) in [6.45, 7) is 6.08. The van der Waals surface area contributed by atoms with Gasteiger partial charge in [-0.05, 0) is 36.8 Å². The molecule has 0 aliphatic carbocycles. The number of fused-ring (bicyclic) bond motifs is 1. The highest BCUT2D eigenvalue weighted by molar-refractivity contribution is 6.30. The van der Waals surface area contributed by atoms with Gasteiger partial charge in [-0.15, -0.1) is 0 Å². The van der Waals surface area contributed by atoms with E-state index in [9.17, 15) is 14.4 Å². The molecular formula is C22H26ClN3O4. The van der Waals surface area contributed by atoms with Crippen LogP contribution in [0.25, 0.3) is 0 Å². The van der Waals surface area contributed by atoms with E-state index in [1.807, 2.05) is 20.8 Å². The largest absolute Gasteiger partial charge is 0.468 e. The number of hydrogen-bond acceptors (Lipinski definition) is 4. The van der Waals surface area contributed by atoms with Crippen molar-refractivity contribution in [3.05, 3.63) is 53.6 Å². The zero-order valence-electron chi connectivity index (χ0n) is 17.3. The quantitative estimate of drug-likeness (QED) is 0.684. The van der Waals surface area contributed by atoms with Crippen LogP contribution in [0, 0.1) is 0 Å². The van der Waals surface area contributed by atoms with Crippen LogP contribution in [0.4, 0.5) is 11.4 Å². The van der Waals surface area contributed by atoms with Crippen LogP contribution < -0.4 is 20.3 Å². The van der Waals surface area contributed by atoms with E-state index in [2.05, 4.69) is 10.6 Å². The van der Waals surface area contributed by atoms with Crippen LogP contribution in [0.15, 0.2) is 48.5 Å². The SMILES string of the molecule is CC.CCCNC(=O)C1Oc2ccccc2N(CC(=O)Nc2cccc(Cl)c2)C1=O. The van der Waals surface area contributed by atoms with Crippen LogP contribution in [0.1, 0.15) is 27.2 Å². The number of ether oxygens (including phenoxy) is 1. The molecule has 2 aromatic rings. The number of nitrogens with one attached hydrogen (secondary N) is 2. The van der Waals surface area contributed by atoms with Gasteiger partial charge in [0.2, 0.25) is 5.91 Å². The van der Waals surface area contributed by atoms with Crippen molar-refractivity contribution in [2.24, 2.45) is 0 Å². The summed E-state index contributed by atoms with van der Waals surface area (Å²) in [7, 11) is 0. The topological polar surface area (TPSA) is 87.7 Å². The Bertz CT molecular complexity index is 903. The van der Waals surface area contributed by atoms with Crippen LogP contribution in [-0.4, -0.2) is 36.9 Å². The molecule has 0 aromatic heterocycles. The smallest absolute Gasteiger partial charge is 0.278 e. The van der Waals surface area contributed by atoms with Gasteiger partial charge in [-0.25, -0.2) is 0 Å². The lowest BCUT2D eigenvalue weighted by Gasteiger charge is -2.33. The first-order valence-corrected chi connectivity index (χ1v) is 10.3. The summed E-state index contributed by atoms with van der Waals surface area (Å²) in [6, 6.07) is 13.5. The molecule has 0 saturated heterocycles. The number of halogens is 1. The summed E-state index contributed by atoms with van der Waals surface area (Å²) in [6.07, 6.45) is -0.602. The Labute approximate surface area is 181 Å². The number of hydrogen-bond donors (Lipinski definition) is 2. The molecule has 0 saturated carbocycles. The second-order valence-corrected chi connectivity index (χ2v) is 6.68. The van der Waals surface area contributed by atoms with Crippen molar-refractivity contribution in [2.75, 3.05) is 23.3 Å². The highest BCUT2D eigenvalue weighted by atomic mass is 35.5. The second-order valence-electron chi connectivity index (χ2n) is 6.24. The number of rotatable bonds is 6. The van der Waals surface area contributed by atoms with Crippen LogP contribution in [-0.2, 0) is 14.4 Å². The summed E-state index contributed by atoms with van der Waals surface area (Å²) in [5.41, 5.74) is 0.956. The predicted octanol–water partition coefficient (Wildman–Crippen LogP) is 3.63. The first-order valence-electron chi connectivity index (χ1n) is 9.89. The Morgan fingerprint density at radius 1 is 1.13 bits per heavy atom. The maximum atomic E-state index is 12.9. The molecule has 0 radical (unpaired) electrons. The zero-order valence-corrected chi connectivity index (χ0v) is 18.0. The first kappa shape index (κ1) is 23.2. The van der Waals surface area contributed by atoms with Gasteiger partial charge in [0, 0.05) is 17.3 Å². The second kappa shape index (κ2) is 11.2. The lowest BCUT2D eigenvalue weighted by atomic mass is 10.1. The van der Waals surface area contributed by atoms with Crippen LogP contribution in [0.3, 0.4) is 0 Å². The van der Waals surface area contributed by atoms with Crippen molar-refractivity contribution >= 4 is 40.7 Å².